The van der Waals surface area contributed by atoms with Gasteiger partial charge in [-0.25, -0.2) is 4.98 Å². The van der Waals surface area contributed by atoms with E-state index in [1.54, 1.807) is 10.7 Å². The van der Waals surface area contributed by atoms with Gasteiger partial charge in [-0.3, -0.25) is 4.98 Å². The van der Waals surface area contributed by atoms with E-state index in [9.17, 15) is 0 Å². The fraction of sp³-hybridized carbons (Fsp3) is 0.304. The van der Waals surface area contributed by atoms with Gasteiger partial charge < -0.3 is 5.73 Å². The molecular formula is C23H21BN6. The Kier molecular flexibility index (Phi) is 4.63. The lowest BCUT2D eigenvalue weighted by Crippen LogP contribution is -2.26. The summed E-state index contributed by atoms with van der Waals surface area (Å²) in [6.07, 6.45) is 8.23. The molecule has 30 heavy (non-hydrogen) atoms. The minimum atomic E-state index is 0.254. The van der Waals surface area contributed by atoms with Crippen molar-refractivity contribution in [3.8, 4) is 17.2 Å². The Hall–Kier alpha value is -3.40. The van der Waals surface area contributed by atoms with E-state index in [0.29, 0.717) is 29.3 Å². The minimum absolute atomic E-state index is 0.254. The number of aromatic nitrogens is 4. The van der Waals surface area contributed by atoms with Crippen LogP contribution in [0.25, 0.3) is 27.7 Å². The van der Waals surface area contributed by atoms with Crippen molar-refractivity contribution in [3.63, 3.8) is 0 Å². The standard InChI is InChI=1S/C23H21BN6/c24-20-21(15-7-5-14(6-8-15)9-10-25)29-23-18(13-28-30(23)22(20)26)17-11-16-3-1-2-4-19(16)27-12-17/h1-4,11-15H,5-9,26H2. The lowest BCUT2D eigenvalue weighted by molar-refractivity contribution is 0.328. The number of fused-ring (bicyclic) bond motifs is 2. The van der Waals surface area contributed by atoms with Crippen LogP contribution in [0, 0.1) is 17.2 Å². The smallest absolute Gasteiger partial charge is 0.165 e. The van der Waals surface area contributed by atoms with E-state index in [2.05, 4.69) is 22.2 Å². The van der Waals surface area contributed by atoms with Crippen LogP contribution in [0.2, 0.25) is 0 Å². The second kappa shape index (κ2) is 7.45. The first-order chi connectivity index (χ1) is 14.7. The van der Waals surface area contributed by atoms with Crippen LogP contribution in [0.15, 0.2) is 42.7 Å². The summed E-state index contributed by atoms with van der Waals surface area (Å²) in [5.41, 5.74) is 11.2. The Morgan fingerprint density at radius 3 is 2.77 bits per heavy atom. The van der Waals surface area contributed by atoms with Gasteiger partial charge in [0.2, 0.25) is 0 Å². The summed E-state index contributed by atoms with van der Waals surface area (Å²) in [7, 11) is 6.38. The molecule has 1 aliphatic rings. The zero-order valence-corrected chi connectivity index (χ0v) is 16.6. The SMILES string of the molecule is [B]c1c(C2CCC(CC#N)CC2)nc2c(-c3cnc4ccccc4c3)cnn2c1N. The monoisotopic (exact) mass is 392 g/mol. The molecule has 2 radical (unpaired) electrons. The maximum Gasteiger partial charge on any atom is 0.165 e. The minimum Gasteiger partial charge on any atom is -0.384 e. The number of nitriles is 1. The van der Waals surface area contributed by atoms with Gasteiger partial charge in [-0.2, -0.15) is 14.9 Å². The number of hydrogen-bond acceptors (Lipinski definition) is 5. The molecule has 1 saturated carbocycles. The molecule has 1 aliphatic carbocycles. The fourth-order valence-electron chi connectivity index (χ4n) is 4.55. The van der Waals surface area contributed by atoms with Crippen LogP contribution in [0.5, 0.6) is 0 Å². The average molecular weight is 392 g/mol. The summed E-state index contributed by atoms with van der Waals surface area (Å²) in [5, 5.41) is 14.5. The molecule has 0 spiro atoms. The quantitative estimate of drug-likeness (QED) is 0.539. The van der Waals surface area contributed by atoms with Crippen molar-refractivity contribution in [2.75, 3.05) is 5.73 Å². The molecular weight excluding hydrogens is 371 g/mol. The molecule has 3 heterocycles. The maximum atomic E-state index is 8.97. The highest BCUT2D eigenvalue weighted by Crippen LogP contribution is 2.37. The molecule has 0 bridgehead atoms. The summed E-state index contributed by atoms with van der Waals surface area (Å²) < 4.78 is 1.62. The first kappa shape index (κ1) is 18.6. The van der Waals surface area contributed by atoms with Crippen molar-refractivity contribution >= 4 is 35.7 Å². The Morgan fingerprint density at radius 2 is 1.97 bits per heavy atom. The van der Waals surface area contributed by atoms with Gasteiger partial charge in [0.15, 0.2) is 5.65 Å². The Balaban J connectivity index is 1.57. The lowest BCUT2D eigenvalue weighted by atomic mass is 9.76. The summed E-state index contributed by atoms with van der Waals surface area (Å²) in [6, 6.07) is 12.4. The van der Waals surface area contributed by atoms with Crippen LogP contribution in [0.3, 0.4) is 0 Å². The Morgan fingerprint density at radius 1 is 1.17 bits per heavy atom. The highest BCUT2D eigenvalue weighted by atomic mass is 15.3. The molecule has 4 aromatic rings. The number of benzene rings is 1. The number of nitrogens with two attached hydrogens (primary N) is 1. The topological polar surface area (TPSA) is 92.9 Å². The highest BCUT2D eigenvalue weighted by molar-refractivity contribution is 6.36. The van der Waals surface area contributed by atoms with E-state index < -0.39 is 0 Å². The molecule has 0 saturated heterocycles. The van der Waals surface area contributed by atoms with E-state index in [1.165, 1.54) is 0 Å². The van der Waals surface area contributed by atoms with E-state index in [4.69, 9.17) is 23.8 Å². The molecule has 1 aromatic carbocycles. The van der Waals surface area contributed by atoms with Crippen LogP contribution < -0.4 is 11.2 Å². The van der Waals surface area contributed by atoms with Crippen molar-refractivity contribution in [2.45, 2.75) is 38.0 Å². The lowest BCUT2D eigenvalue weighted by Gasteiger charge is -2.28. The van der Waals surface area contributed by atoms with Gasteiger partial charge in [0.05, 0.1) is 17.8 Å². The van der Waals surface area contributed by atoms with Gasteiger partial charge in [-0.15, -0.1) is 0 Å². The van der Waals surface area contributed by atoms with Gasteiger partial charge >= 0.3 is 0 Å². The molecule has 3 aromatic heterocycles. The largest absolute Gasteiger partial charge is 0.384 e. The molecule has 2 N–H and O–H groups in total. The van der Waals surface area contributed by atoms with Crippen LogP contribution in [0.4, 0.5) is 5.82 Å². The van der Waals surface area contributed by atoms with Gasteiger partial charge in [0, 0.05) is 40.7 Å². The van der Waals surface area contributed by atoms with Crippen LogP contribution >= 0.6 is 0 Å². The molecule has 5 rings (SSSR count). The maximum absolute atomic E-state index is 8.97. The number of para-hydroxylation sites is 1. The summed E-state index contributed by atoms with van der Waals surface area (Å²) >= 11 is 0. The van der Waals surface area contributed by atoms with Crippen molar-refractivity contribution in [3.05, 3.63) is 48.4 Å². The third-order valence-electron chi connectivity index (χ3n) is 6.27. The van der Waals surface area contributed by atoms with E-state index in [0.717, 1.165) is 53.4 Å². The molecule has 0 unspecified atom stereocenters. The van der Waals surface area contributed by atoms with E-state index >= 15 is 0 Å². The normalized spacial score (nSPS) is 19.2. The van der Waals surface area contributed by atoms with E-state index in [-0.39, 0.29) is 5.92 Å². The number of nitrogen functional groups attached to an aromatic ring is 1. The average Bonchev–Trinajstić information content (AvgIpc) is 3.21. The summed E-state index contributed by atoms with van der Waals surface area (Å²) in [4.78, 5) is 9.52. The van der Waals surface area contributed by atoms with Crippen molar-refractivity contribution < 1.29 is 0 Å². The van der Waals surface area contributed by atoms with Crippen molar-refractivity contribution in [2.24, 2.45) is 5.92 Å². The number of anilines is 1. The molecule has 146 valence electrons. The Bertz CT molecular complexity index is 1280. The van der Waals surface area contributed by atoms with Gasteiger partial charge in [0.1, 0.15) is 13.7 Å². The van der Waals surface area contributed by atoms with Crippen molar-refractivity contribution in [1.82, 2.24) is 19.6 Å². The number of hydrogen-bond donors (Lipinski definition) is 1. The zero-order valence-electron chi connectivity index (χ0n) is 16.6. The predicted molar refractivity (Wildman–Crippen MR) is 118 cm³/mol. The van der Waals surface area contributed by atoms with Crippen LogP contribution in [-0.4, -0.2) is 27.4 Å². The summed E-state index contributed by atoms with van der Waals surface area (Å²) in [6.45, 7) is 0. The van der Waals surface area contributed by atoms with Gasteiger partial charge in [-0.05, 0) is 49.2 Å². The number of nitrogens with zero attached hydrogens (tertiary/aromatic N) is 5. The van der Waals surface area contributed by atoms with Gasteiger partial charge in [0.25, 0.3) is 0 Å². The number of rotatable bonds is 3. The Labute approximate surface area is 176 Å². The number of pyridine rings is 1. The molecule has 0 aliphatic heterocycles. The fourth-order valence-corrected chi connectivity index (χ4v) is 4.55. The molecule has 1 fully saturated rings. The van der Waals surface area contributed by atoms with E-state index in [1.807, 2.05) is 30.5 Å². The second-order valence-corrected chi connectivity index (χ2v) is 8.09. The molecule has 0 amide bonds. The molecule has 6 nitrogen and oxygen atoms in total. The molecule has 0 atom stereocenters. The first-order valence-corrected chi connectivity index (χ1v) is 10.3. The summed E-state index contributed by atoms with van der Waals surface area (Å²) in [5.74, 6) is 1.15. The van der Waals surface area contributed by atoms with Crippen LogP contribution in [0.1, 0.15) is 43.7 Å². The first-order valence-electron chi connectivity index (χ1n) is 10.3. The van der Waals surface area contributed by atoms with Crippen LogP contribution in [-0.2, 0) is 0 Å². The molecule has 7 heteroatoms. The highest BCUT2D eigenvalue weighted by Gasteiger charge is 2.26. The predicted octanol–water partition coefficient (Wildman–Crippen LogP) is 3.51. The third kappa shape index (κ3) is 3.09. The van der Waals surface area contributed by atoms with Gasteiger partial charge in [-0.1, -0.05) is 18.2 Å². The van der Waals surface area contributed by atoms with Crippen molar-refractivity contribution in [1.29, 1.82) is 5.26 Å². The zero-order chi connectivity index (χ0) is 20.7. The third-order valence-corrected chi connectivity index (χ3v) is 6.27. The second-order valence-electron chi connectivity index (χ2n) is 8.09.